The van der Waals surface area contributed by atoms with Crippen LogP contribution in [0.25, 0.3) is 22.3 Å². The maximum absolute atomic E-state index is 13.6. The quantitative estimate of drug-likeness (QED) is 0.142. The number of aromatic nitrogens is 4. The normalized spacial score (nSPS) is 17.6. The molecular formula is C40H44B4N8O6. The Morgan fingerprint density at radius 3 is 1.83 bits per heavy atom. The third-order valence-corrected chi connectivity index (χ3v) is 10.8. The molecule has 292 valence electrons. The zero-order valence-electron chi connectivity index (χ0n) is 33.6. The first kappa shape index (κ1) is 42.0. The minimum absolute atomic E-state index is 0.147. The highest BCUT2D eigenvalue weighted by Crippen LogP contribution is 2.34. The van der Waals surface area contributed by atoms with Gasteiger partial charge in [-0.05, 0) is 61.3 Å². The summed E-state index contributed by atoms with van der Waals surface area (Å²) < 4.78 is 9.49. The fourth-order valence-corrected chi connectivity index (χ4v) is 7.67. The van der Waals surface area contributed by atoms with Crippen molar-refractivity contribution in [1.29, 1.82) is 0 Å². The number of fused-ring (bicyclic) bond motifs is 1. The molecule has 0 unspecified atom stereocenters. The SMILES string of the molecule is [B]c1c([B])c(-c2cnc([C@@H]3CCCN3C(=O)[C@@H](NC(=O)OC)C(C)C)[nH]2)c([B])c([B])c1C#Cc1ccc2nc([C@@H]3CCCN3C(=O)[C@@H](NC(=O)OC)C(C)C)[nH]c2c1. The first-order valence-electron chi connectivity index (χ1n) is 19.3. The van der Waals surface area contributed by atoms with E-state index in [1.807, 2.05) is 45.9 Å². The number of hydrogen-bond acceptors (Lipinski definition) is 8. The third kappa shape index (κ3) is 8.35. The molecule has 4 N–H and O–H groups in total. The Morgan fingerprint density at radius 2 is 1.31 bits per heavy atom. The summed E-state index contributed by atoms with van der Waals surface area (Å²) in [6.45, 7) is 8.48. The van der Waals surface area contributed by atoms with Gasteiger partial charge in [0.05, 0.1) is 49.2 Å². The van der Waals surface area contributed by atoms with Crippen LogP contribution in [0.4, 0.5) is 9.59 Å². The zero-order chi connectivity index (χ0) is 42.0. The summed E-state index contributed by atoms with van der Waals surface area (Å²) in [5.74, 6) is 6.58. The summed E-state index contributed by atoms with van der Waals surface area (Å²) >= 11 is 0. The molecule has 4 atom stereocenters. The monoisotopic (exact) mass is 776 g/mol. The molecule has 0 saturated carbocycles. The summed E-state index contributed by atoms with van der Waals surface area (Å²) in [5, 5.41) is 5.32. The average Bonchev–Trinajstić information content (AvgIpc) is 4.03. The summed E-state index contributed by atoms with van der Waals surface area (Å²) in [5.41, 5.74) is 3.80. The second-order valence-corrected chi connectivity index (χ2v) is 15.3. The maximum Gasteiger partial charge on any atom is 0.407 e. The van der Waals surface area contributed by atoms with Gasteiger partial charge in [0, 0.05) is 24.2 Å². The van der Waals surface area contributed by atoms with Gasteiger partial charge in [0.2, 0.25) is 11.8 Å². The van der Waals surface area contributed by atoms with Crippen molar-refractivity contribution in [3.05, 3.63) is 47.2 Å². The topological polar surface area (TPSA) is 175 Å². The van der Waals surface area contributed by atoms with Crippen LogP contribution < -0.4 is 32.5 Å². The maximum atomic E-state index is 13.6. The van der Waals surface area contributed by atoms with Crippen molar-refractivity contribution in [2.24, 2.45) is 11.8 Å². The van der Waals surface area contributed by atoms with E-state index in [9.17, 15) is 19.2 Å². The molecular weight excluding hydrogens is 732 g/mol. The number of carbonyl (C=O) groups excluding carboxylic acids is 4. The number of nitrogens with one attached hydrogen (secondary N) is 4. The molecule has 0 spiro atoms. The van der Waals surface area contributed by atoms with Gasteiger partial charge in [0.15, 0.2) is 0 Å². The second kappa shape index (κ2) is 17.5. The van der Waals surface area contributed by atoms with Crippen molar-refractivity contribution in [3.63, 3.8) is 0 Å². The molecule has 2 fully saturated rings. The molecule has 6 rings (SSSR count). The number of carbonyl (C=O) groups is 4. The molecule has 2 saturated heterocycles. The fourth-order valence-electron chi connectivity index (χ4n) is 7.67. The fraction of sp³-hybridized carbons (Fsp3) is 0.450. The van der Waals surface area contributed by atoms with E-state index in [0.717, 1.165) is 18.4 Å². The van der Waals surface area contributed by atoms with Crippen LogP contribution in [0.3, 0.4) is 0 Å². The van der Waals surface area contributed by atoms with Crippen molar-refractivity contribution in [3.8, 4) is 23.1 Å². The predicted molar refractivity (Wildman–Crippen MR) is 223 cm³/mol. The number of nitrogens with zero attached hydrogens (tertiary/aromatic N) is 4. The number of ether oxygens (including phenoxy) is 2. The number of hydrogen-bond donors (Lipinski definition) is 4. The van der Waals surface area contributed by atoms with Crippen LogP contribution in [0.2, 0.25) is 0 Å². The zero-order valence-corrected chi connectivity index (χ0v) is 33.6. The number of benzene rings is 2. The first-order chi connectivity index (χ1) is 27.6. The number of aromatic amines is 2. The molecule has 2 aliphatic heterocycles. The van der Waals surface area contributed by atoms with E-state index in [2.05, 4.69) is 37.4 Å². The molecule has 8 radical (unpaired) electrons. The van der Waals surface area contributed by atoms with Crippen LogP contribution in [-0.2, 0) is 19.1 Å². The molecule has 4 heterocycles. The summed E-state index contributed by atoms with van der Waals surface area (Å²) in [6, 6.07) is 3.32. The molecule has 0 bridgehead atoms. The molecule has 18 heteroatoms. The van der Waals surface area contributed by atoms with E-state index in [1.54, 1.807) is 16.0 Å². The van der Waals surface area contributed by atoms with E-state index in [4.69, 9.17) is 45.8 Å². The van der Waals surface area contributed by atoms with Crippen molar-refractivity contribution >= 4 is 88.3 Å². The molecule has 2 aliphatic rings. The number of rotatable bonds is 9. The number of imidazole rings is 2. The lowest BCUT2D eigenvalue weighted by molar-refractivity contribution is -0.136. The van der Waals surface area contributed by atoms with Gasteiger partial charge in [0.25, 0.3) is 0 Å². The second-order valence-electron chi connectivity index (χ2n) is 15.3. The van der Waals surface area contributed by atoms with Crippen LogP contribution in [0.15, 0.2) is 24.4 Å². The van der Waals surface area contributed by atoms with Crippen molar-refractivity contribution in [2.75, 3.05) is 27.3 Å². The Kier molecular flexibility index (Phi) is 12.7. The molecule has 2 aromatic heterocycles. The highest BCUT2D eigenvalue weighted by atomic mass is 16.5. The lowest BCUT2D eigenvalue weighted by Crippen LogP contribution is -2.51. The van der Waals surface area contributed by atoms with E-state index < -0.39 is 24.3 Å². The minimum Gasteiger partial charge on any atom is -0.453 e. The lowest BCUT2D eigenvalue weighted by Gasteiger charge is -2.30. The number of amides is 4. The van der Waals surface area contributed by atoms with E-state index in [0.29, 0.717) is 59.9 Å². The Bertz CT molecular complexity index is 2270. The van der Waals surface area contributed by atoms with Gasteiger partial charge >= 0.3 is 12.2 Å². The van der Waals surface area contributed by atoms with Crippen LogP contribution in [0.1, 0.15) is 88.2 Å². The van der Waals surface area contributed by atoms with Crippen LogP contribution >= 0.6 is 0 Å². The summed E-state index contributed by atoms with van der Waals surface area (Å²) in [6.07, 6.45) is 3.15. The van der Waals surface area contributed by atoms with Gasteiger partial charge in [-0.2, -0.15) is 0 Å². The van der Waals surface area contributed by atoms with Gasteiger partial charge < -0.3 is 39.9 Å². The highest BCUT2D eigenvalue weighted by Gasteiger charge is 2.39. The molecule has 0 aliphatic carbocycles. The Labute approximate surface area is 343 Å². The van der Waals surface area contributed by atoms with Crippen LogP contribution in [0.5, 0.6) is 0 Å². The largest absolute Gasteiger partial charge is 0.453 e. The molecule has 4 aromatic rings. The number of H-pyrrole nitrogens is 2. The number of alkyl carbamates (subject to hydrolysis) is 2. The predicted octanol–water partition coefficient (Wildman–Crippen LogP) is 0.616. The number of likely N-dealkylation sites (tertiary alicyclic amines) is 2. The minimum atomic E-state index is -0.775. The molecule has 14 nitrogen and oxygen atoms in total. The Morgan fingerprint density at radius 1 is 0.776 bits per heavy atom. The van der Waals surface area contributed by atoms with Crippen molar-refractivity contribution in [2.45, 2.75) is 77.5 Å². The lowest BCUT2D eigenvalue weighted by atomic mass is 9.64. The van der Waals surface area contributed by atoms with Crippen LogP contribution in [0, 0.1) is 23.7 Å². The van der Waals surface area contributed by atoms with E-state index >= 15 is 0 Å². The summed E-state index contributed by atoms with van der Waals surface area (Å²) in [7, 11) is 28.8. The first-order valence-corrected chi connectivity index (χ1v) is 19.3. The van der Waals surface area contributed by atoms with Gasteiger partial charge in [-0.15, -0.1) is 0 Å². The van der Waals surface area contributed by atoms with E-state index in [1.165, 1.54) is 14.2 Å². The smallest absolute Gasteiger partial charge is 0.407 e. The van der Waals surface area contributed by atoms with E-state index in [-0.39, 0.29) is 63.1 Å². The Balaban J connectivity index is 1.22. The van der Waals surface area contributed by atoms with Crippen LogP contribution in [-0.4, -0.2) is 125 Å². The van der Waals surface area contributed by atoms with Gasteiger partial charge in [-0.3, -0.25) is 9.59 Å². The number of methoxy groups -OCH3 is 2. The standard InChI is InChI=1S/C40H44B4N8O6/c1-19(2)33(49-39(55)57-5)37(53)51-15-7-9-26(51)35-45-18-25(48-35)28-31(43)29(41)22(30(42)32(28)44)13-11-21-12-14-23-24(17-21)47-36(46-23)27-10-8-16-52(27)38(54)34(20(3)4)50-40(56)58-6/h12,14,17-20,26-27,33-34H,7-10,15-16H2,1-6H3,(H,45,48)(H,46,47)(H,49,55)(H,50,56)/t26-,27-,33-,34-/m0/s1. The molecule has 2 aromatic carbocycles. The third-order valence-electron chi connectivity index (χ3n) is 10.8. The highest BCUT2D eigenvalue weighted by molar-refractivity contribution is 6.60. The van der Waals surface area contributed by atoms with Gasteiger partial charge in [-0.25, -0.2) is 19.6 Å². The summed E-state index contributed by atoms with van der Waals surface area (Å²) in [4.78, 5) is 70.7. The van der Waals surface area contributed by atoms with Gasteiger partial charge in [0.1, 0.15) is 55.1 Å². The molecule has 58 heavy (non-hydrogen) atoms. The molecule has 4 amide bonds. The Hall–Kier alpha value is -5.58. The van der Waals surface area contributed by atoms with Gasteiger partial charge in [-0.1, -0.05) is 61.4 Å². The average molecular weight is 776 g/mol. The van der Waals surface area contributed by atoms with Crippen molar-refractivity contribution in [1.82, 2.24) is 40.4 Å². The van der Waals surface area contributed by atoms with Crippen molar-refractivity contribution < 1.29 is 28.7 Å².